The second-order valence-corrected chi connectivity index (χ2v) is 2.12. The zero-order chi connectivity index (χ0) is 8.53. The van der Waals surface area contributed by atoms with E-state index in [4.69, 9.17) is 10.8 Å². The van der Waals surface area contributed by atoms with Gasteiger partial charge in [-0.3, -0.25) is 0 Å². The van der Waals surface area contributed by atoms with Crippen molar-refractivity contribution in [3.8, 4) is 0 Å². The maximum Gasteiger partial charge on any atom is 0.404 e. The minimum Gasteiger partial charge on any atom is -0.465 e. The molecule has 0 unspecified atom stereocenters. The molecule has 0 rings (SSSR count). The van der Waals surface area contributed by atoms with Gasteiger partial charge in [0, 0.05) is 13.1 Å². The lowest BCUT2D eigenvalue weighted by Gasteiger charge is -2.02. The first-order valence-corrected chi connectivity index (χ1v) is 3.65. The highest BCUT2D eigenvalue weighted by Crippen LogP contribution is 1.68. The summed E-state index contributed by atoms with van der Waals surface area (Å²) in [5.41, 5.74) is 5.24. The second kappa shape index (κ2) is 7.30. The molecule has 0 heterocycles. The van der Waals surface area contributed by atoms with E-state index < -0.39 is 6.09 Å². The first-order valence-electron chi connectivity index (χ1n) is 3.65. The zero-order valence-electron chi connectivity index (χ0n) is 6.47. The van der Waals surface area contributed by atoms with Crippen LogP contribution in [0.15, 0.2) is 0 Å². The second-order valence-electron chi connectivity index (χ2n) is 2.12. The molecule has 1 amide bonds. The molecule has 0 aromatic carbocycles. The van der Waals surface area contributed by atoms with Crippen LogP contribution in [0, 0.1) is 0 Å². The molecule has 0 aliphatic rings. The fraction of sp³-hybridized carbons (Fsp3) is 0.833. The van der Waals surface area contributed by atoms with Crippen LogP contribution in [0.1, 0.15) is 6.42 Å². The molecule has 0 atom stereocenters. The molecule has 0 aliphatic heterocycles. The van der Waals surface area contributed by atoms with Crippen LogP contribution in [0.2, 0.25) is 0 Å². The van der Waals surface area contributed by atoms with Crippen molar-refractivity contribution in [1.82, 2.24) is 10.6 Å². The zero-order valence-corrected chi connectivity index (χ0v) is 6.47. The number of rotatable bonds is 6. The molecule has 0 aromatic rings. The molecule has 0 saturated heterocycles. The van der Waals surface area contributed by atoms with Crippen molar-refractivity contribution in [3.63, 3.8) is 0 Å². The fourth-order valence-corrected chi connectivity index (χ4v) is 0.610. The van der Waals surface area contributed by atoms with Gasteiger partial charge in [0.1, 0.15) is 0 Å². The van der Waals surface area contributed by atoms with E-state index in [1.165, 1.54) is 0 Å². The average molecular weight is 161 g/mol. The van der Waals surface area contributed by atoms with Gasteiger partial charge < -0.3 is 21.5 Å². The monoisotopic (exact) mass is 161 g/mol. The third kappa shape index (κ3) is 9.19. The summed E-state index contributed by atoms with van der Waals surface area (Å²) in [7, 11) is 0. The molecule has 66 valence electrons. The standard InChI is InChI=1S/C6H15N3O2/c7-2-1-3-8-4-5-9-6(10)11/h8-9H,1-5,7H2,(H,10,11). The Morgan fingerprint density at radius 1 is 1.36 bits per heavy atom. The highest BCUT2D eigenvalue weighted by Gasteiger charge is 1.91. The lowest BCUT2D eigenvalue weighted by atomic mass is 10.4. The van der Waals surface area contributed by atoms with Gasteiger partial charge in [-0.15, -0.1) is 0 Å². The van der Waals surface area contributed by atoms with Crippen molar-refractivity contribution in [2.75, 3.05) is 26.2 Å². The Morgan fingerprint density at radius 2 is 2.09 bits per heavy atom. The smallest absolute Gasteiger partial charge is 0.404 e. The summed E-state index contributed by atoms with van der Waals surface area (Å²) in [6, 6.07) is 0. The largest absolute Gasteiger partial charge is 0.465 e. The van der Waals surface area contributed by atoms with Crippen molar-refractivity contribution in [1.29, 1.82) is 0 Å². The molecular weight excluding hydrogens is 146 g/mol. The minimum absolute atomic E-state index is 0.444. The Balaban J connectivity index is 2.85. The lowest BCUT2D eigenvalue weighted by Crippen LogP contribution is -2.31. The average Bonchev–Trinajstić information content (AvgIpc) is 1.96. The van der Waals surface area contributed by atoms with E-state index >= 15 is 0 Å². The van der Waals surface area contributed by atoms with E-state index in [-0.39, 0.29) is 0 Å². The van der Waals surface area contributed by atoms with Gasteiger partial charge >= 0.3 is 6.09 Å². The van der Waals surface area contributed by atoms with E-state index in [1.54, 1.807) is 0 Å². The van der Waals surface area contributed by atoms with Gasteiger partial charge in [0.25, 0.3) is 0 Å². The van der Waals surface area contributed by atoms with Gasteiger partial charge in [0.2, 0.25) is 0 Å². The van der Waals surface area contributed by atoms with E-state index in [0.717, 1.165) is 13.0 Å². The Morgan fingerprint density at radius 3 is 2.64 bits per heavy atom. The first kappa shape index (κ1) is 10.2. The quantitative estimate of drug-likeness (QED) is 0.384. The van der Waals surface area contributed by atoms with Crippen LogP contribution >= 0.6 is 0 Å². The molecule has 0 aromatic heterocycles. The molecular formula is C6H15N3O2. The topological polar surface area (TPSA) is 87.4 Å². The molecule has 0 bridgehead atoms. The number of nitrogens with two attached hydrogens (primary N) is 1. The minimum atomic E-state index is -0.981. The molecule has 5 nitrogen and oxygen atoms in total. The molecule has 0 aliphatic carbocycles. The number of carboxylic acid groups (broad SMARTS) is 1. The van der Waals surface area contributed by atoms with Crippen molar-refractivity contribution >= 4 is 6.09 Å². The molecule has 5 heteroatoms. The van der Waals surface area contributed by atoms with E-state index in [9.17, 15) is 4.79 Å². The van der Waals surface area contributed by atoms with Gasteiger partial charge in [-0.25, -0.2) is 4.79 Å². The summed E-state index contributed by atoms with van der Waals surface area (Å²) in [6.45, 7) is 2.61. The predicted molar refractivity (Wildman–Crippen MR) is 42.6 cm³/mol. The summed E-state index contributed by atoms with van der Waals surface area (Å²) in [5.74, 6) is 0. The molecule has 0 radical (unpaired) electrons. The summed E-state index contributed by atoms with van der Waals surface area (Å²) in [6.07, 6.45) is -0.0572. The normalized spacial score (nSPS) is 9.55. The van der Waals surface area contributed by atoms with Crippen molar-refractivity contribution < 1.29 is 9.90 Å². The highest BCUT2D eigenvalue weighted by molar-refractivity contribution is 5.64. The van der Waals surface area contributed by atoms with Gasteiger partial charge in [-0.05, 0) is 19.5 Å². The Bertz CT molecular complexity index is 108. The number of nitrogens with one attached hydrogen (secondary N) is 2. The number of amides is 1. The van der Waals surface area contributed by atoms with E-state index in [1.807, 2.05) is 0 Å². The van der Waals surface area contributed by atoms with Gasteiger partial charge in [0.15, 0.2) is 0 Å². The molecule has 11 heavy (non-hydrogen) atoms. The molecule has 0 spiro atoms. The van der Waals surface area contributed by atoms with E-state index in [0.29, 0.717) is 19.6 Å². The Labute approximate surface area is 66.0 Å². The molecule has 5 N–H and O–H groups in total. The number of hydrogen-bond acceptors (Lipinski definition) is 3. The van der Waals surface area contributed by atoms with Crippen LogP contribution in [0.4, 0.5) is 4.79 Å². The van der Waals surface area contributed by atoms with Gasteiger partial charge in [0.05, 0.1) is 0 Å². The van der Waals surface area contributed by atoms with Crippen LogP contribution < -0.4 is 16.4 Å². The summed E-state index contributed by atoms with van der Waals surface area (Å²) < 4.78 is 0. The van der Waals surface area contributed by atoms with Gasteiger partial charge in [-0.2, -0.15) is 0 Å². The lowest BCUT2D eigenvalue weighted by molar-refractivity contribution is 0.194. The van der Waals surface area contributed by atoms with Crippen LogP contribution in [-0.4, -0.2) is 37.4 Å². The number of hydrogen-bond donors (Lipinski definition) is 4. The first-order chi connectivity index (χ1) is 5.27. The fourth-order valence-electron chi connectivity index (χ4n) is 0.610. The summed E-state index contributed by atoms with van der Waals surface area (Å²) in [5, 5.41) is 13.4. The SMILES string of the molecule is NCCCNCCNC(=O)O. The van der Waals surface area contributed by atoms with Crippen LogP contribution in [0.5, 0.6) is 0 Å². The molecule has 0 fully saturated rings. The van der Waals surface area contributed by atoms with E-state index in [2.05, 4.69) is 10.6 Å². The summed E-state index contributed by atoms with van der Waals surface area (Å²) in [4.78, 5) is 9.93. The maximum absolute atomic E-state index is 9.93. The van der Waals surface area contributed by atoms with Crippen molar-refractivity contribution in [2.45, 2.75) is 6.42 Å². The summed E-state index contributed by atoms with van der Waals surface area (Å²) >= 11 is 0. The third-order valence-electron chi connectivity index (χ3n) is 1.14. The van der Waals surface area contributed by atoms with Crippen molar-refractivity contribution in [3.05, 3.63) is 0 Å². The van der Waals surface area contributed by atoms with Crippen LogP contribution in [0.25, 0.3) is 0 Å². The number of carbonyl (C=O) groups is 1. The van der Waals surface area contributed by atoms with Crippen LogP contribution in [-0.2, 0) is 0 Å². The highest BCUT2D eigenvalue weighted by atomic mass is 16.4. The molecule has 0 saturated carbocycles. The van der Waals surface area contributed by atoms with Crippen LogP contribution in [0.3, 0.4) is 0 Å². The third-order valence-corrected chi connectivity index (χ3v) is 1.14. The Kier molecular flexibility index (Phi) is 6.76. The predicted octanol–water partition coefficient (Wildman–Crippen LogP) is -0.808. The Hall–Kier alpha value is -0.810. The van der Waals surface area contributed by atoms with Gasteiger partial charge in [-0.1, -0.05) is 0 Å². The van der Waals surface area contributed by atoms with Crippen molar-refractivity contribution in [2.24, 2.45) is 5.73 Å². The maximum atomic E-state index is 9.93.